The minimum atomic E-state index is -0.0571. The van der Waals surface area contributed by atoms with Crippen molar-refractivity contribution in [1.82, 2.24) is 0 Å². The molecule has 1 N–H and O–H groups in total. The molecule has 0 bridgehead atoms. The fourth-order valence-corrected chi connectivity index (χ4v) is 3.78. The second-order valence-electron chi connectivity index (χ2n) is 6.39. The van der Waals surface area contributed by atoms with Gasteiger partial charge in [-0.1, -0.05) is 0 Å². The number of carbonyl (C=O) groups is 2. The van der Waals surface area contributed by atoms with Crippen molar-refractivity contribution in [2.24, 2.45) is 0 Å². The lowest BCUT2D eigenvalue weighted by atomic mass is 10.1. The van der Waals surface area contributed by atoms with Gasteiger partial charge >= 0.3 is 0 Å². The molecule has 0 unspecified atom stereocenters. The van der Waals surface area contributed by atoms with Crippen molar-refractivity contribution in [3.8, 4) is 5.75 Å². The zero-order valence-electron chi connectivity index (χ0n) is 15.7. The number of anilines is 2. The fraction of sp³-hybridized carbons (Fsp3) is 0.333. The first-order chi connectivity index (χ1) is 13.1. The molecule has 1 aliphatic heterocycles. The third-order valence-corrected chi connectivity index (χ3v) is 5.36. The number of ether oxygens (including phenoxy) is 1. The van der Waals surface area contributed by atoms with Gasteiger partial charge in [0.05, 0.1) is 12.4 Å². The molecule has 1 saturated heterocycles. The first kappa shape index (κ1) is 19.3. The average molecular weight is 385 g/mol. The number of nitrogens with one attached hydrogen (secondary N) is 1. The number of hydrogen-bond acceptors (Lipinski definition) is 4. The summed E-state index contributed by atoms with van der Waals surface area (Å²) in [5.41, 5.74) is 2.67. The van der Waals surface area contributed by atoms with E-state index in [1.54, 1.807) is 0 Å². The van der Waals surface area contributed by atoms with Crippen molar-refractivity contribution >= 4 is 35.0 Å². The van der Waals surface area contributed by atoms with Crippen LogP contribution in [0.25, 0.3) is 0 Å². The van der Waals surface area contributed by atoms with Crippen LogP contribution < -0.4 is 15.0 Å². The lowest BCUT2D eigenvalue weighted by Gasteiger charge is -2.19. The zero-order chi connectivity index (χ0) is 19.2. The van der Waals surface area contributed by atoms with E-state index in [1.165, 1.54) is 11.8 Å². The molecule has 1 aliphatic rings. The van der Waals surface area contributed by atoms with Gasteiger partial charge in [0.15, 0.2) is 0 Å². The molecule has 0 saturated carbocycles. The van der Waals surface area contributed by atoms with Crippen LogP contribution in [0.1, 0.15) is 25.3 Å². The Morgan fingerprint density at radius 1 is 1.22 bits per heavy atom. The van der Waals surface area contributed by atoms with Crippen LogP contribution >= 0.6 is 11.8 Å². The number of nitrogens with zero attached hydrogens (tertiary/aromatic N) is 1. The summed E-state index contributed by atoms with van der Waals surface area (Å²) >= 11 is 1.48. The van der Waals surface area contributed by atoms with Crippen LogP contribution in [0.3, 0.4) is 0 Å². The number of amides is 2. The van der Waals surface area contributed by atoms with E-state index < -0.39 is 0 Å². The molecule has 1 heterocycles. The van der Waals surface area contributed by atoms with Crippen molar-refractivity contribution in [3.05, 3.63) is 48.0 Å². The summed E-state index contributed by atoms with van der Waals surface area (Å²) in [5, 5.41) is 2.93. The molecule has 0 radical (unpaired) electrons. The molecule has 0 aromatic heterocycles. The minimum absolute atomic E-state index is 0.0571. The van der Waals surface area contributed by atoms with Crippen LogP contribution in [0.2, 0.25) is 0 Å². The third kappa shape index (κ3) is 5.04. The lowest BCUT2D eigenvalue weighted by molar-refractivity contribution is -0.117. The topological polar surface area (TPSA) is 58.6 Å². The molecule has 6 heteroatoms. The van der Waals surface area contributed by atoms with Crippen LogP contribution in [-0.2, 0) is 9.59 Å². The highest BCUT2D eigenvalue weighted by Gasteiger charge is 2.23. The van der Waals surface area contributed by atoms with Gasteiger partial charge in [-0.15, -0.1) is 11.8 Å². The van der Waals surface area contributed by atoms with E-state index in [0.29, 0.717) is 18.8 Å². The van der Waals surface area contributed by atoms with Gasteiger partial charge < -0.3 is 15.0 Å². The average Bonchev–Trinajstić information content (AvgIpc) is 3.07. The van der Waals surface area contributed by atoms with Gasteiger partial charge in [0.2, 0.25) is 11.8 Å². The molecule has 2 amide bonds. The van der Waals surface area contributed by atoms with E-state index in [-0.39, 0.29) is 11.8 Å². The van der Waals surface area contributed by atoms with Gasteiger partial charge in [-0.2, -0.15) is 0 Å². The Morgan fingerprint density at radius 3 is 2.63 bits per heavy atom. The molecule has 1 fully saturated rings. The molecule has 0 spiro atoms. The summed E-state index contributed by atoms with van der Waals surface area (Å²) in [5.74, 6) is 1.28. The predicted octanol–water partition coefficient (Wildman–Crippen LogP) is 4.25. The number of hydrogen-bond donors (Lipinski definition) is 1. The smallest absolute Gasteiger partial charge is 0.234 e. The maximum Gasteiger partial charge on any atom is 0.234 e. The molecule has 0 aliphatic carbocycles. The van der Waals surface area contributed by atoms with Crippen LogP contribution in [0.15, 0.2) is 47.4 Å². The number of rotatable bonds is 7. The maximum atomic E-state index is 12.2. The van der Waals surface area contributed by atoms with E-state index in [9.17, 15) is 9.59 Å². The van der Waals surface area contributed by atoms with E-state index in [1.807, 2.05) is 61.2 Å². The summed E-state index contributed by atoms with van der Waals surface area (Å²) in [6, 6.07) is 13.4. The quantitative estimate of drug-likeness (QED) is 0.725. The Kier molecular flexibility index (Phi) is 6.40. The Bertz CT molecular complexity index is 821. The standard InChI is InChI=1S/C21H24N2O3S/c1-3-26-17-7-9-18(10-8-17)27-14-20(24)22-16-6-11-19(15(2)13-16)23-12-4-5-21(23)25/h6-11,13H,3-5,12,14H2,1-2H3,(H,22,24). The van der Waals surface area contributed by atoms with Gasteiger partial charge in [0.1, 0.15) is 5.75 Å². The lowest BCUT2D eigenvalue weighted by Crippen LogP contribution is -2.24. The van der Waals surface area contributed by atoms with Crippen LogP contribution in [0.4, 0.5) is 11.4 Å². The van der Waals surface area contributed by atoms with Crippen LogP contribution in [0, 0.1) is 6.92 Å². The van der Waals surface area contributed by atoms with E-state index in [0.717, 1.165) is 40.5 Å². The SMILES string of the molecule is CCOc1ccc(SCC(=O)Nc2ccc(N3CCCC3=O)c(C)c2)cc1. The minimum Gasteiger partial charge on any atom is -0.494 e. The Morgan fingerprint density at radius 2 is 2.00 bits per heavy atom. The van der Waals surface area contributed by atoms with Crippen LogP contribution in [-0.4, -0.2) is 30.7 Å². The van der Waals surface area contributed by atoms with Crippen molar-refractivity contribution in [2.75, 3.05) is 29.1 Å². The Hall–Kier alpha value is -2.47. The second-order valence-corrected chi connectivity index (χ2v) is 7.44. The second kappa shape index (κ2) is 8.95. The first-order valence-electron chi connectivity index (χ1n) is 9.13. The summed E-state index contributed by atoms with van der Waals surface area (Å²) in [7, 11) is 0. The summed E-state index contributed by atoms with van der Waals surface area (Å²) in [6.07, 6.45) is 1.51. The summed E-state index contributed by atoms with van der Waals surface area (Å²) in [4.78, 5) is 27.0. The monoisotopic (exact) mass is 384 g/mol. The Labute approximate surface area is 164 Å². The van der Waals surface area contributed by atoms with Gasteiger partial charge in [0.25, 0.3) is 0 Å². The van der Waals surface area contributed by atoms with Gasteiger partial charge in [0, 0.05) is 29.2 Å². The zero-order valence-corrected chi connectivity index (χ0v) is 16.5. The first-order valence-corrected chi connectivity index (χ1v) is 10.1. The molecule has 3 rings (SSSR count). The fourth-order valence-electron chi connectivity index (χ4n) is 3.08. The summed E-state index contributed by atoms with van der Waals surface area (Å²) in [6.45, 7) is 5.32. The number of carbonyl (C=O) groups excluding carboxylic acids is 2. The molecule has 27 heavy (non-hydrogen) atoms. The van der Waals surface area contributed by atoms with E-state index >= 15 is 0 Å². The van der Waals surface area contributed by atoms with Crippen molar-refractivity contribution in [1.29, 1.82) is 0 Å². The molecular weight excluding hydrogens is 360 g/mol. The van der Waals surface area contributed by atoms with Gasteiger partial charge in [-0.05, 0) is 68.3 Å². The van der Waals surface area contributed by atoms with E-state index in [4.69, 9.17) is 4.74 Å². The van der Waals surface area contributed by atoms with Gasteiger partial charge in [-0.25, -0.2) is 0 Å². The molecular formula is C21H24N2O3S. The Balaban J connectivity index is 1.54. The molecule has 0 atom stereocenters. The highest BCUT2D eigenvalue weighted by Crippen LogP contribution is 2.28. The number of benzene rings is 2. The third-order valence-electron chi connectivity index (χ3n) is 4.35. The van der Waals surface area contributed by atoms with Crippen molar-refractivity contribution in [3.63, 3.8) is 0 Å². The van der Waals surface area contributed by atoms with Crippen LogP contribution in [0.5, 0.6) is 5.75 Å². The number of thioether (sulfide) groups is 1. The maximum absolute atomic E-state index is 12.2. The number of aryl methyl sites for hydroxylation is 1. The van der Waals surface area contributed by atoms with Gasteiger partial charge in [-0.3, -0.25) is 9.59 Å². The molecule has 2 aromatic carbocycles. The van der Waals surface area contributed by atoms with Crippen molar-refractivity contribution < 1.29 is 14.3 Å². The molecule has 5 nitrogen and oxygen atoms in total. The highest BCUT2D eigenvalue weighted by atomic mass is 32.2. The highest BCUT2D eigenvalue weighted by molar-refractivity contribution is 8.00. The van der Waals surface area contributed by atoms with Crippen molar-refractivity contribution in [2.45, 2.75) is 31.6 Å². The predicted molar refractivity (Wildman–Crippen MR) is 110 cm³/mol. The normalized spacial score (nSPS) is 13.7. The van der Waals surface area contributed by atoms with E-state index in [2.05, 4.69) is 5.32 Å². The summed E-state index contributed by atoms with van der Waals surface area (Å²) < 4.78 is 5.42. The molecule has 2 aromatic rings. The largest absolute Gasteiger partial charge is 0.494 e. The molecule has 142 valence electrons.